The number of ether oxygens (including phenoxy) is 2. The summed E-state index contributed by atoms with van der Waals surface area (Å²) in [4.78, 5) is 24.8. The Hall–Kier alpha value is -3.81. The fourth-order valence-corrected chi connectivity index (χ4v) is 2.85. The van der Waals surface area contributed by atoms with E-state index < -0.39 is 0 Å². The Bertz CT molecular complexity index is 1080. The van der Waals surface area contributed by atoms with Gasteiger partial charge in [-0.3, -0.25) is 14.7 Å². The molecule has 2 N–H and O–H groups in total. The van der Waals surface area contributed by atoms with Crippen LogP contribution in [0.1, 0.15) is 16.8 Å². The van der Waals surface area contributed by atoms with E-state index in [4.69, 9.17) is 9.47 Å². The van der Waals surface area contributed by atoms with E-state index in [9.17, 15) is 9.59 Å². The molecule has 0 unspecified atom stereocenters. The summed E-state index contributed by atoms with van der Waals surface area (Å²) in [5.74, 6) is 0.822. The van der Waals surface area contributed by atoms with Gasteiger partial charge in [-0.25, -0.2) is 10.1 Å². The van der Waals surface area contributed by atoms with Crippen molar-refractivity contribution in [2.45, 2.75) is 13.3 Å². The number of nitrogens with one attached hydrogen (secondary N) is 2. The molecular weight excluding hydrogens is 372 g/mol. The molecule has 0 fully saturated rings. The van der Waals surface area contributed by atoms with Crippen LogP contribution >= 0.6 is 0 Å². The number of aromatic amines is 1. The molecule has 8 nitrogen and oxygen atoms in total. The van der Waals surface area contributed by atoms with Gasteiger partial charge in [0.1, 0.15) is 0 Å². The normalized spacial score (nSPS) is 10.9. The molecule has 0 spiro atoms. The summed E-state index contributed by atoms with van der Waals surface area (Å²) in [7, 11) is 3.08. The second-order valence-electron chi connectivity index (χ2n) is 6.29. The standard InChI is InChI=1S/C21H22N4O4/c1-14-17(21(27)25(24-14)16-7-5-4-6-8-16)13-22-23-20(26)12-15-9-10-18(28-2)19(11-15)29-3/h4-11,13,24H,12H2,1-3H3,(H,23,26)/b22-13+. The topological polar surface area (TPSA) is 97.7 Å². The number of H-pyrrole nitrogens is 1. The number of nitrogens with zero attached hydrogens (tertiary/aromatic N) is 2. The molecule has 1 heterocycles. The molecule has 2 aromatic carbocycles. The monoisotopic (exact) mass is 394 g/mol. The highest BCUT2D eigenvalue weighted by molar-refractivity contribution is 5.84. The average Bonchev–Trinajstić information content (AvgIpc) is 3.02. The lowest BCUT2D eigenvalue weighted by Crippen LogP contribution is -2.21. The van der Waals surface area contributed by atoms with E-state index in [-0.39, 0.29) is 17.9 Å². The number of hydrazone groups is 1. The van der Waals surface area contributed by atoms with Crippen LogP contribution in [0.25, 0.3) is 5.69 Å². The van der Waals surface area contributed by atoms with Gasteiger partial charge in [-0.15, -0.1) is 0 Å². The Kier molecular flexibility index (Phi) is 6.13. The second kappa shape index (κ2) is 8.92. The van der Waals surface area contributed by atoms with Gasteiger partial charge >= 0.3 is 0 Å². The molecule has 29 heavy (non-hydrogen) atoms. The quantitative estimate of drug-likeness (QED) is 0.474. The van der Waals surface area contributed by atoms with Gasteiger partial charge in [0.05, 0.1) is 38.1 Å². The first-order valence-electron chi connectivity index (χ1n) is 8.93. The van der Waals surface area contributed by atoms with Crippen molar-refractivity contribution in [2.24, 2.45) is 5.10 Å². The number of rotatable bonds is 7. The Morgan fingerprint density at radius 2 is 1.86 bits per heavy atom. The number of benzene rings is 2. The third kappa shape index (κ3) is 4.55. The minimum atomic E-state index is -0.315. The number of para-hydroxylation sites is 1. The highest BCUT2D eigenvalue weighted by Gasteiger charge is 2.11. The Balaban J connectivity index is 1.68. The van der Waals surface area contributed by atoms with E-state index in [0.717, 1.165) is 11.3 Å². The number of hydrogen-bond donors (Lipinski definition) is 2. The summed E-state index contributed by atoms with van der Waals surface area (Å²) in [6.07, 6.45) is 1.46. The number of amides is 1. The van der Waals surface area contributed by atoms with Crippen LogP contribution in [0.2, 0.25) is 0 Å². The zero-order valence-electron chi connectivity index (χ0n) is 16.4. The summed E-state index contributed by atoms with van der Waals surface area (Å²) in [6.45, 7) is 1.77. The minimum absolute atomic E-state index is 0.109. The van der Waals surface area contributed by atoms with Crippen LogP contribution in [0.15, 0.2) is 58.4 Å². The van der Waals surface area contributed by atoms with Crippen molar-refractivity contribution in [3.05, 3.63) is 75.7 Å². The molecule has 1 aromatic heterocycles. The van der Waals surface area contributed by atoms with Crippen molar-refractivity contribution in [3.8, 4) is 17.2 Å². The molecule has 8 heteroatoms. The molecule has 0 bridgehead atoms. The number of carbonyl (C=O) groups is 1. The number of hydrogen-bond acceptors (Lipinski definition) is 5. The first-order valence-corrected chi connectivity index (χ1v) is 8.93. The first-order chi connectivity index (χ1) is 14.0. The third-order valence-electron chi connectivity index (χ3n) is 4.33. The van der Waals surface area contributed by atoms with Crippen LogP contribution in [-0.2, 0) is 11.2 Å². The lowest BCUT2D eigenvalue weighted by Gasteiger charge is -2.09. The molecule has 0 radical (unpaired) electrons. The smallest absolute Gasteiger partial charge is 0.280 e. The van der Waals surface area contributed by atoms with Gasteiger partial charge in [-0.1, -0.05) is 24.3 Å². The van der Waals surface area contributed by atoms with E-state index in [1.165, 1.54) is 18.0 Å². The van der Waals surface area contributed by atoms with E-state index in [1.54, 1.807) is 32.2 Å². The maximum Gasteiger partial charge on any atom is 0.280 e. The van der Waals surface area contributed by atoms with Crippen LogP contribution < -0.4 is 20.5 Å². The molecule has 0 saturated heterocycles. The molecular formula is C21H22N4O4. The van der Waals surface area contributed by atoms with Crippen molar-refractivity contribution >= 4 is 12.1 Å². The van der Waals surface area contributed by atoms with Gasteiger partial charge in [-0.2, -0.15) is 5.10 Å². The zero-order valence-corrected chi connectivity index (χ0v) is 16.4. The molecule has 1 amide bonds. The van der Waals surface area contributed by atoms with Crippen LogP contribution in [0.4, 0.5) is 0 Å². The van der Waals surface area contributed by atoms with Crippen LogP contribution in [-0.4, -0.2) is 36.1 Å². The lowest BCUT2D eigenvalue weighted by atomic mass is 10.1. The number of carbonyl (C=O) groups excluding carboxylic acids is 1. The zero-order chi connectivity index (χ0) is 20.8. The van der Waals surface area contributed by atoms with Gasteiger partial charge in [-0.05, 0) is 36.8 Å². The second-order valence-corrected chi connectivity index (χ2v) is 6.29. The fourth-order valence-electron chi connectivity index (χ4n) is 2.85. The van der Waals surface area contributed by atoms with E-state index in [2.05, 4.69) is 15.6 Å². The number of aryl methyl sites for hydroxylation is 1. The van der Waals surface area contributed by atoms with E-state index in [1.807, 2.05) is 30.3 Å². The summed E-state index contributed by atoms with van der Waals surface area (Å²) < 4.78 is 11.9. The third-order valence-corrected chi connectivity index (χ3v) is 4.33. The molecule has 0 saturated carbocycles. The Morgan fingerprint density at radius 1 is 1.14 bits per heavy atom. The molecule has 3 aromatic rings. The fraction of sp³-hybridized carbons (Fsp3) is 0.190. The van der Waals surface area contributed by atoms with Crippen LogP contribution in [0.3, 0.4) is 0 Å². The molecule has 0 aliphatic heterocycles. The van der Waals surface area contributed by atoms with Gasteiger partial charge < -0.3 is 9.47 Å². The largest absolute Gasteiger partial charge is 0.493 e. The maximum absolute atomic E-state index is 12.6. The average molecular weight is 394 g/mol. The van der Waals surface area contributed by atoms with Crippen molar-refractivity contribution in [2.75, 3.05) is 14.2 Å². The molecule has 0 atom stereocenters. The summed E-state index contributed by atoms with van der Waals surface area (Å²) in [5.41, 5.74) is 4.70. The lowest BCUT2D eigenvalue weighted by molar-refractivity contribution is -0.120. The van der Waals surface area contributed by atoms with E-state index >= 15 is 0 Å². The van der Waals surface area contributed by atoms with Gasteiger partial charge in [0.2, 0.25) is 5.91 Å². The predicted molar refractivity (Wildman–Crippen MR) is 110 cm³/mol. The molecule has 0 aliphatic rings. The first kappa shape index (κ1) is 19.9. The maximum atomic E-state index is 12.6. The van der Waals surface area contributed by atoms with Crippen LogP contribution in [0, 0.1) is 6.92 Å². The summed E-state index contributed by atoms with van der Waals surface area (Å²) in [6, 6.07) is 14.5. The Morgan fingerprint density at radius 3 is 2.55 bits per heavy atom. The Labute approximate surface area is 167 Å². The van der Waals surface area contributed by atoms with Gasteiger partial charge in [0.25, 0.3) is 5.56 Å². The minimum Gasteiger partial charge on any atom is -0.493 e. The summed E-state index contributed by atoms with van der Waals surface area (Å²) in [5, 5.41) is 6.93. The van der Waals surface area contributed by atoms with Crippen molar-refractivity contribution in [3.63, 3.8) is 0 Å². The van der Waals surface area contributed by atoms with Gasteiger partial charge in [0.15, 0.2) is 11.5 Å². The van der Waals surface area contributed by atoms with Gasteiger partial charge in [0, 0.05) is 5.69 Å². The van der Waals surface area contributed by atoms with Crippen molar-refractivity contribution in [1.82, 2.24) is 15.2 Å². The highest BCUT2D eigenvalue weighted by atomic mass is 16.5. The number of aromatic nitrogens is 2. The van der Waals surface area contributed by atoms with Crippen molar-refractivity contribution < 1.29 is 14.3 Å². The van der Waals surface area contributed by atoms with Crippen molar-refractivity contribution in [1.29, 1.82) is 0 Å². The van der Waals surface area contributed by atoms with Crippen LogP contribution in [0.5, 0.6) is 11.5 Å². The molecule has 0 aliphatic carbocycles. The summed E-state index contributed by atoms with van der Waals surface area (Å²) >= 11 is 0. The SMILES string of the molecule is COc1ccc(CC(=O)N/N=C/c2c(C)[nH]n(-c3ccccc3)c2=O)cc1OC. The molecule has 150 valence electrons. The molecule has 3 rings (SSSR count). The van der Waals surface area contributed by atoms with E-state index in [0.29, 0.717) is 22.8 Å². The predicted octanol–water partition coefficient (Wildman–Crippen LogP) is 2.18. The number of methoxy groups -OCH3 is 2. The highest BCUT2D eigenvalue weighted by Crippen LogP contribution is 2.27.